The van der Waals surface area contributed by atoms with Crippen LogP contribution >= 0.6 is 0 Å². The van der Waals surface area contributed by atoms with Gasteiger partial charge in [0.2, 0.25) is 0 Å². The number of anilines is 1. The van der Waals surface area contributed by atoms with E-state index < -0.39 is 0 Å². The summed E-state index contributed by atoms with van der Waals surface area (Å²) in [7, 11) is 0. The highest BCUT2D eigenvalue weighted by molar-refractivity contribution is 6.01. The Kier molecular flexibility index (Phi) is 2.29. The first-order chi connectivity index (χ1) is 5.65. The molecule has 2 nitrogen and oxygen atoms in total. The molecule has 1 rings (SSSR count). The third kappa shape index (κ3) is 1.53. The van der Waals surface area contributed by atoms with Crippen LogP contribution in [0, 0.1) is 5.41 Å². The minimum atomic E-state index is 0.483. The average Bonchev–Trinajstić information content (AvgIpc) is 2.05. The first kappa shape index (κ1) is 8.53. The molecule has 0 atom stereocenters. The molecule has 1 aromatic carbocycles. The number of nitrogen functional groups attached to an aromatic ring is 1. The zero-order valence-corrected chi connectivity index (χ0v) is 7.09. The van der Waals surface area contributed by atoms with Crippen LogP contribution in [0.15, 0.2) is 24.8 Å². The number of hydrogen-bond donors (Lipinski definition) is 2. The predicted molar refractivity (Wildman–Crippen MR) is 53.4 cm³/mol. The van der Waals surface area contributed by atoms with Crippen molar-refractivity contribution in [2.45, 2.75) is 6.92 Å². The summed E-state index contributed by atoms with van der Waals surface area (Å²) in [5.41, 5.74) is 8.58. The first-order valence-electron chi connectivity index (χ1n) is 3.72. The number of nitrogens with two attached hydrogens (primary N) is 1. The van der Waals surface area contributed by atoms with Crippen molar-refractivity contribution < 1.29 is 0 Å². The number of benzene rings is 1. The van der Waals surface area contributed by atoms with E-state index in [4.69, 9.17) is 11.1 Å². The second-order valence-corrected chi connectivity index (χ2v) is 2.68. The first-order valence-corrected chi connectivity index (χ1v) is 3.72. The van der Waals surface area contributed by atoms with Gasteiger partial charge in [-0.05, 0) is 24.6 Å². The van der Waals surface area contributed by atoms with E-state index in [2.05, 4.69) is 6.58 Å². The Bertz CT molecular complexity index is 327. The summed E-state index contributed by atoms with van der Waals surface area (Å²) in [5, 5.41) is 7.43. The highest BCUT2D eigenvalue weighted by Crippen LogP contribution is 2.15. The van der Waals surface area contributed by atoms with Gasteiger partial charge in [-0.1, -0.05) is 18.7 Å². The summed E-state index contributed by atoms with van der Waals surface area (Å²) in [4.78, 5) is 0. The van der Waals surface area contributed by atoms with E-state index >= 15 is 0 Å². The van der Waals surface area contributed by atoms with Crippen molar-refractivity contribution in [3.05, 3.63) is 35.9 Å². The molecule has 0 radical (unpaired) electrons. The van der Waals surface area contributed by atoms with Crippen molar-refractivity contribution in [1.82, 2.24) is 0 Å². The molecule has 0 saturated heterocycles. The maximum atomic E-state index is 7.43. The van der Waals surface area contributed by atoms with Gasteiger partial charge in [-0.25, -0.2) is 0 Å². The van der Waals surface area contributed by atoms with Gasteiger partial charge in [-0.3, -0.25) is 0 Å². The average molecular weight is 160 g/mol. The summed E-state index contributed by atoms with van der Waals surface area (Å²) in [5.74, 6) is 0. The maximum absolute atomic E-state index is 7.43. The topological polar surface area (TPSA) is 49.9 Å². The molecule has 2 heteroatoms. The lowest BCUT2D eigenvalue weighted by Crippen LogP contribution is -1.99. The van der Waals surface area contributed by atoms with Gasteiger partial charge in [0.1, 0.15) is 0 Å². The van der Waals surface area contributed by atoms with Crippen molar-refractivity contribution >= 4 is 17.5 Å². The second kappa shape index (κ2) is 3.22. The lowest BCUT2D eigenvalue weighted by molar-refractivity contribution is 1.45. The van der Waals surface area contributed by atoms with E-state index in [0.29, 0.717) is 11.4 Å². The lowest BCUT2D eigenvalue weighted by Gasteiger charge is -2.04. The Balaban J connectivity index is 3.25. The molecule has 62 valence electrons. The fourth-order valence-electron chi connectivity index (χ4n) is 1.03. The van der Waals surface area contributed by atoms with Crippen molar-refractivity contribution in [2.24, 2.45) is 0 Å². The lowest BCUT2D eigenvalue weighted by atomic mass is 10.1. The molecule has 0 heterocycles. The summed E-state index contributed by atoms with van der Waals surface area (Å²) < 4.78 is 0. The van der Waals surface area contributed by atoms with Gasteiger partial charge in [-0.15, -0.1) is 0 Å². The Hall–Kier alpha value is -1.57. The molecular formula is C10H12N2. The predicted octanol–water partition coefficient (Wildman–Crippen LogP) is 2.30. The minimum Gasteiger partial charge on any atom is -0.398 e. The van der Waals surface area contributed by atoms with Crippen LogP contribution in [0.3, 0.4) is 0 Å². The monoisotopic (exact) mass is 160 g/mol. The minimum absolute atomic E-state index is 0.483. The standard InChI is InChI=1S/C10H12N2/c1-3-8-4-5-10(12)9(6-8)7(2)11/h3-6,11H,1,12H2,2H3. The van der Waals surface area contributed by atoms with Crippen LogP contribution in [-0.2, 0) is 0 Å². The normalized spacial score (nSPS) is 9.42. The molecule has 0 amide bonds. The van der Waals surface area contributed by atoms with E-state index in [1.807, 2.05) is 12.1 Å². The Labute approximate surface area is 72.2 Å². The molecular weight excluding hydrogens is 148 g/mol. The summed E-state index contributed by atoms with van der Waals surface area (Å²) >= 11 is 0. The third-order valence-corrected chi connectivity index (χ3v) is 1.72. The van der Waals surface area contributed by atoms with Crippen molar-refractivity contribution in [2.75, 3.05) is 5.73 Å². The SMILES string of the molecule is C=Cc1ccc(N)c(C(C)=N)c1. The molecule has 3 N–H and O–H groups in total. The summed E-state index contributed by atoms with van der Waals surface area (Å²) in [6, 6.07) is 5.55. The van der Waals surface area contributed by atoms with Crippen LogP contribution < -0.4 is 5.73 Å². The molecule has 0 saturated carbocycles. The van der Waals surface area contributed by atoms with Crippen LogP contribution in [0.25, 0.3) is 6.08 Å². The van der Waals surface area contributed by atoms with Crippen molar-refractivity contribution in [3.63, 3.8) is 0 Å². The number of nitrogens with one attached hydrogen (secondary N) is 1. The number of hydrogen-bond acceptors (Lipinski definition) is 2. The fraction of sp³-hybridized carbons (Fsp3) is 0.100. The fourth-order valence-corrected chi connectivity index (χ4v) is 1.03. The molecule has 0 spiro atoms. The van der Waals surface area contributed by atoms with Crippen molar-refractivity contribution in [1.29, 1.82) is 5.41 Å². The molecule has 0 aliphatic carbocycles. The van der Waals surface area contributed by atoms with Crippen LogP contribution in [0.2, 0.25) is 0 Å². The molecule has 0 aromatic heterocycles. The Morgan fingerprint density at radius 2 is 2.25 bits per heavy atom. The molecule has 12 heavy (non-hydrogen) atoms. The van der Waals surface area contributed by atoms with E-state index in [1.54, 1.807) is 19.1 Å². The van der Waals surface area contributed by atoms with Gasteiger partial charge in [-0.2, -0.15) is 0 Å². The molecule has 0 aliphatic rings. The molecule has 0 unspecified atom stereocenters. The van der Waals surface area contributed by atoms with Crippen LogP contribution in [-0.4, -0.2) is 5.71 Å². The van der Waals surface area contributed by atoms with Gasteiger partial charge >= 0.3 is 0 Å². The zero-order chi connectivity index (χ0) is 9.14. The molecule has 0 aliphatic heterocycles. The van der Waals surface area contributed by atoms with Gasteiger partial charge < -0.3 is 11.1 Å². The van der Waals surface area contributed by atoms with Gasteiger partial charge in [0.15, 0.2) is 0 Å². The number of rotatable bonds is 2. The Morgan fingerprint density at radius 3 is 2.75 bits per heavy atom. The smallest absolute Gasteiger partial charge is 0.0406 e. The largest absolute Gasteiger partial charge is 0.398 e. The second-order valence-electron chi connectivity index (χ2n) is 2.68. The van der Waals surface area contributed by atoms with E-state index in [-0.39, 0.29) is 0 Å². The van der Waals surface area contributed by atoms with Gasteiger partial charge in [0.05, 0.1) is 0 Å². The molecule has 1 aromatic rings. The van der Waals surface area contributed by atoms with Crippen molar-refractivity contribution in [3.8, 4) is 0 Å². The summed E-state index contributed by atoms with van der Waals surface area (Å²) in [6.07, 6.45) is 1.74. The molecule has 0 fully saturated rings. The maximum Gasteiger partial charge on any atom is 0.0406 e. The zero-order valence-electron chi connectivity index (χ0n) is 7.09. The van der Waals surface area contributed by atoms with Crippen LogP contribution in [0.4, 0.5) is 5.69 Å². The van der Waals surface area contributed by atoms with Crippen LogP contribution in [0.1, 0.15) is 18.1 Å². The van der Waals surface area contributed by atoms with Crippen LogP contribution in [0.5, 0.6) is 0 Å². The van der Waals surface area contributed by atoms with E-state index in [0.717, 1.165) is 11.1 Å². The highest BCUT2D eigenvalue weighted by atomic mass is 14.6. The van der Waals surface area contributed by atoms with Gasteiger partial charge in [0.25, 0.3) is 0 Å². The molecule has 0 bridgehead atoms. The Morgan fingerprint density at radius 1 is 1.58 bits per heavy atom. The third-order valence-electron chi connectivity index (χ3n) is 1.72. The highest BCUT2D eigenvalue weighted by Gasteiger charge is 2.00. The van der Waals surface area contributed by atoms with E-state index in [1.165, 1.54) is 0 Å². The van der Waals surface area contributed by atoms with Gasteiger partial charge in [0, 0.05) is 17.0 Å². The van der Waals surface area contributed by atoms with E-state index in [9.17, 15) is 0 Å². The quantitative estimate of drug-likeness (QED) is 0.506. The summed E-state index contributed by atoms with van der Waals surface area (Å²) in [6.45, 7) is 5.37.